The van der Waals surface area contributed by atoms with E-state index in [4.69, 9.17) is 5.73 Å². The molecule has 2 unspecified atom stereocenters. The maximum atomic E-state index is 12.4. The molecule has 2 N–H and O–H groups in total. The van der Waals surface area contributed by atoms with Crippen molar-refractivity contribution >= 4 is 18.3 Å². The van der Waals surface area contributed by atoms with E-state index in [1.54, 1.807) is 0 Å². The summed E-state index contributed by atoms with van der Waals surface area (Å²) in [5.74, 6) is 0.944. The van der Waals surface area contributed by atoms with Crippen LogP contribution in [0.4, 0.5) is 0 Å². The number of nitrogens with two attached hydrogens (primary N) is 1. The zero-order valence-corrected chi connectivity index (χ0v) is 12.9. The number of rotatable bonds is 4. The second-order valence-corrected chi connectivity index (χ2v) is 5.66. The standard InChI is InChI=1S/C14H28N2O.ClH/c1-4-9-14(3,15)13(17)16-10-6-7-12(5-2)8-11-16;/h12H,4-11,15H2,1-3H3;1H. The molecule has 0 aliphatic carbocycles. The maximum absolute atomic E-state index is 12.4. The van der Waals surface area contributed by atoms with Crippen molar-refractivity contribution in [1.82, 2.24) is 4.90 Å². The number of carbonyl (C=O) groups excluding carboxylic acids is 1. The van der Waals surface area contributed by atoms with E-state index in [1.165, 1.54) is 12.8 Å². The third-order valence-corrected chi connectivity index (χ3v) is 3.97. The number of hydrogen-bond acceptors (Lipinski definition) is 2. The van der Waals surface area contributed by atoms with E-state index in [-0.39, 0.29) is 18.3 Å². The van der Waals surface area contributed by atoms with Crippen molar-refractivity contribution in [3.8, 4) is 0 Å². The van der Waals surface area contributed by atoms with Gasteiger partial charge in [0.15, 0.2) is 0 Å². The Bertz CT molecular complexity index is 256. The van der Waals surface area contributed by atoms with E-state index < -0.39 is 5.54 Å². The average molecular weight is 277 g/mol. The summed E-state index contributed by atoms with van der Waals surface area (Å²) in [5, 5.41) is 0. The molecule has 1 heterocycles. The molecule has 1 rings (SSSR count). The van der Waals surface area contributed by atoms with E-state index in [9.17, 15) is 4.79 Å². The van der Waals surface area contributed by atoms with Crippen molar-refractivity contribution in [3.05, 3.63) is 0 Å². The molecule has 2 atom stereocenters. The van der Waals surface area contributed by atoms with Crippen molar-refractivity contribution in [3.63, 3.8) is 0 Å². The van der Waals surface area contributed by atoms with E-state index in [0.29, 0.717) is 0 Å². The summed E-state index contributed by atoms with van der Waals surface area (Å²) in [6.07, 6.45) is 6.51. The first kappa shape index (κ1) is 17.7. The van der Waals surface area contributed by atoms with Gasteiger partial charge in [-0.1, -0.05) is 26.7 Å². The van der Waals surface area contributed by atoms with Crippen LogP contribution in [0.15, 0.2) is 0 Å². The molecule has 18 heavy (non-hydrogen) atoms. The van der Waals surface area contributed by atoms with Crippen LogP contribution in [0, 0.1) is 5.92 Å². The summed E-state index contributed by atoms with van der Waals surface area (Å²) < 4.78 is 0. The number of amides is 1. The molecule has 0 aromatic heterocycles. The number of hydrogen-bond donors (Lipinski definition) is 1. The molecule has 3 nitrogen and oxygen atoms in total. The predicted octanol–water partition coefficient (Wildman–Crippen LogP) is 2.96. The first-order valence-corrected chi connectivity index (χ1v) is 7.09. The lowest BCUT2D eigenvalue weighted by atomic mass is 9.95. The van der Waals surface area contributed by atoms with Gasteiger partial charge in [0.05, 0.1) is 5.54 Å². The van der Waals surface area contributed by atoms with Crippen LogP contribution >= 0.6 is 12.4 Å². The van der Waals surface area contributed by atoms with Gasteiger partial charge in [0, 0.05) is 13.1 Å². The zero-order chi connectivity index (χ0) is 12.9. The highest BCUT2D eigenvalue weighted by molar-refractivity contribution is 5.85. The molecule has 0 spiro atoms. The molecular formula is C14H29ClN2O. The summed E-state index contributed by atoms with van der Waals surface area (Å²) in [6.45, 7) is 7.99. The summed E-state index contributed by atoms with van der Waals surface area (Å²) in [7, 11) is 0. The number of nitrogens with zero attached hydrogens (tertiary/aromatic N) is 1. The second-order valence-electron chi connectivity index (χ2n) is 5.66. The largest absolute Gasteiger partial charge is 0.341 e. The van der Waals surface area contributed by atoms with Gasteiger partial charge in [0.25, 0.3) is 0 Å². The molecule has 0 bridgehead atoms. The Morgan fingerprint density at radius 3 is 2.56 bits per heavy atom. The number of halogens is 1. The normalized spacial score (nSPS) is 23.8. The molecule has 1 amide bonds. The van der Waals surface area contributed by atoms with Gasteiger partial charge in [0.2, 0.25) is 5.91 Å². The van der Waals surface area contributed by atoms with Gasteiger partial charge in [-0.25, -0.2) is 0 Å². The minimum atomic E-state index is -0.666. The smallest absolute Gasteiger partial charge is 0.242 e. The Morgan fingerprint density at radius 2 is 2.00 bits per heavy atom. The molecule has 0 aromatic carbocycles. The molecule has 1 aliphatic heterocycles. The van der Waals surface area contributed by atoms with E-state index in [1.807, 2.05) is 11.8 Å². The minimum absolute atomic E-state index is 0. The summed E-state index contributed by atoms with van der Waals surface area (Å²) >= 11 is 0. The zero-order valence-electron chi connectivity index (χ0n) is 12.1. The molecule has 1 saturated heterocycles. The lowest BCUT2D eigenvalue weighted by molar-refractivity contribution is -0.136. The Hall–Kier alpha value is -0.280. The fourth-order valence-electron chi connectivity index (χ4n) is 2.76. The Labute approximate surface area is 118 Å². The fraction of sp³-hybridized carbons (Fsp3) is 0.929. The molecular weight excluding hydrogens is 248 g/mol. The first-order chi connectivity index (χ1) is 8.01. The molecule has 108 valence electrons. The molecule has 1 aliphatic rings. The van der Waals surface area contributed by atoms with Crippen LogP contribution in [-0.4, -0.2) is 29.4 Å². The highest BCUT2D eigenvalue weighted by atomic mass is 35.5. The molecule has 1 fully saturated rings. The van der Waals surface area contributed by atoms with Gasteiger partial charge in [-0.2, -0.15) is 0 Å². The van der Waals surface area contributed by atoms with Crippen LogP contribution < -0.4 is 5.73 Å². The summed E-state index contributed by atoms with van der Waals surface area (Å²) in [6, 6.07) is 0. The third-order valence-electron chi connectivity index (χ3n) is 3.97. The fourth-order valence-corrected chi connectivity index (χ4v) is 2.76. The molecule has 0 aromatic rings. The first-order valence-electron chi connectivity index (χ1n) is 7.09. The second kappa shape index (κ2) is 8.00. The van der Waals surface area contributed by atoms with Crippen molar-refractivity contribution in [2.24, 2.45) is 11.7 Å². The van der Waals surface area contributed by atoms with Crippen LogP contribution in [0.5, 0.6) is 0 Å². The van der Waals surface area contributed by atoms with Crippen molar-refractivity contribution in [1.29, 1.82) is 0 Å². The molecule has 0 radical (unpaired) electrons. The van der Waals surface area contributed by atoms with E-state index >= 15 is 0 Å². The molecule has 4 heteroatoms. The van der Waals surface area contributed by atoms with Gasteiger partial charge in [0.1, 0.15) is 0 Å². The van der Waals surface area contributed by atoms with Gasteiger partial charge < -0.3 is 10.6 Å². The molecule has 0 saturated carbocycles. The van der Waals surface area contributed by atoms with Crippen molar-refractivity contribution < 1.29 is 4.79 Å². The van der Waals surface area contributed by atoms with Gasteiger partial charge in [-0.15, -0.1) is 12.4 Å². The van der Waals surface area contributed by atoms with E-state index in [0.717, 1.165) is 44.7 Å². The van der Waals surface area contributed by atoms with Crippen LogP contribution in [0.2, 0.25) is 0 Å². The van der Waals surface area contributed by atoms with E-state index in [2.05, 4.69) is 13.8 Å². The highest BCUT2D eigenvalue weighted by Crippen LogP contribution is 2.22. The Balaban J connectivity index is 0.00000289. The van der Waals surface area contributed by atoms with Gasteiger partial charge in [-0.05, 0) is 38.5 Å². The Kier molecular flexibility index (Phi) is 7.88. The van der Waals surface area contributed by atoms with Crippen LogP contribution in [0.1, 0.15) is 59.3 Å². The van der Waals surface area contributed by atoms with Crippen LogP contribution in [0.3, 0.4) is 0 Å². The predicted molar refractivity (Wildman–Crippen MR) is 79.0 cm³/mol. The highest BCUT2D eigenvalue weighted by Gasteiger charge is 2.32. The SMILES string of the molecule is CCCC(C)(N)C(=O)N1CCCC(CC)CC1.Cl. The lowest BCUT2D eigenvalue weighted by Gasteiger charge is -2.31. The third kappa shape index (κ3) is 4.77. The van der Waals surface area contributed by atoms with Gasteiger partial charge >= 0.3 is 0 Å². The Morgan fingerprint density at radius 1 is 1.33 bits per heavy atom. The monoisotopic (exact) mass is 276 g/mol. The maximum Gasteiger partial charge on any atom is 0.242 e. The quantitative estimate of drug-likeness (QED) is 0.858. The number of likely N-dealkylation sites (tertiary alicyclic amines) is 1. The topological polar surface area (TPSA) is 46.3 Å². The van der Waals surface area contributed by atoms with Crippen LogP contribution in [0.25, 0.3) is 0 Å². The number of carbonyl (C=O) groups is 1. The lowest BCUT2D eigenvalue weighted by Crippen LogP contribution is -2.53. The van der Waals surface area contributed by atoms with Crippen molar-refractivity contribution in [2.75, 3.05) is 13.1 Å². The average Bonchev–Trinajstić information content (AvgIpc) is 2.52. The van der Waals surface area contributed by atoms with Crippen molar-refractivity contribution in [2.45, 2.75) is 64.8 Å². The van der Waals surface area contributed by atoms with Crippen LogP contribution in [-0.2, 0) is 4.79 Å². The minimum Gasteiger partial charge on any atom is -0.341 e. The summed E-state index contributed by atoms with van der Waals surface area (Å²) in [4.78, 5) is 14.3. The van der Waals surface area contributed by atoms with Gasteiger partial charge in [-0.3, -0.25) is 4.79 Å². The summed E-state index contributed by atoms with van der Waals surface area (Å²) in [5.41, 5.74) is 5.46.